The highest BCUT2D eigenvalue weighted by atomic mass is 15.1. The summed E-state index contributed by atoms with van der Waals surface area (Å²) in [5.74, 6) is 1.64. The quantitative estimate of drug-likeness (QED) is 0.696. The van der Waals surface area contributed by atoms with E-state index in [2.05, 4.69) is 34.4 Å². The Morgan fingerprint density at radius 1 is 1.25 bits per heavy atom. The molecule has 0 aliphatic carbocycles. The molecular weight excluding hydrogens is 200 g/mol. The second-order valence-electron chi connectivity index (χ2n) is 4.08. The first-order valence-electron chi connectivity index (χ1n) is 6.02. The SMILES string of the molecule is CCCCCC(C)Nc1cncc(NC)n1. The van der Waals surface area contributed by atoms with Crippen LogP contribution in [0.2, 0.25) is 0 Å². The molecule has 1 unspecified atom stereocenters. The molecule has 0 amide bonds. The third-order valence-electron chi connectivity index (χ3n) is 2.53. The lowest BCUT2D eigenvalue weighted by atomic mass is 10.1. The van der Waals surface area contributed by atoms with Gasteiger partial charge in [0.1, 0.15) is 11.6 Å². The van der Waals surface area contributed by atoms with Crippen LogP contribution in [0, 0.1) is 0 Å². The van der Waals surface area contributed by atoms with Crippen LogP contribution in [0.25, 0.3) is 0 Å². The van der Waals surface area contributed by atoms with Gasteiger partial charge < -0.3 is 10.6 Å². The first kappa shape index (κ1) is 12.7. The predicted octanol–water partition coefficient (Wildman–Crippen LogP) is 2.90. The van der Waals surface area contributed by atoms with Crippen molar-refractivity contribution in [2.75, 3.05) is 17.7 Å². The van der Waals surface area contributed by atoms with Gasteiger partial charge in [0.25, 0.3) is 0 Å². The van der Waals surface area contributed by atoms with E-state index >= 15 is 0 Å². The number of nitrogens with one attached hydrogen (secondary N) is 2. The predicted molar refractivity (Wildman–Crippen MR) is 68.8 cm³/mol. The Labute approximate surface area is 97.9 Å². The summed E-state index contributed by atoms with van der Waals surface area (Å²) in [7, 11) is 1.85. The Balaban J connectivity index is 2.39. The smallest absolute Gasteiger partial charge is 0.147 e. The standard InChI is InChI=1S/C12H22N4/c1-4-5-6-7-10(2)15-12-9-14-8-11(13-3)16-12/h8-10H,4-7H2,1-3H3,(H2,13,15,16). The minimum Gasteiger partial charge on any atom is -0.372 e. The molecule has 1 rings (SSSR count). The van der Waals surface area contributed by atoms with Crippen LogP contribution in [0.15, 0.2) is 12.4 Å². The van der Waals surface area contributed by atoms with Gasteiger partial charge >= 0.3 is 0 Å². The molecule has 1 aromatic heterocycles. The van der Waals surface area contributed by atoms with Gasteiger partial charge in [0.15, 0.2) is 0 Å². The Hall–Kier alpha value is -1.32. The van der Waals surface area contributed by atoms with Crippen LogP contribution in [0.1, 0.15) is 39.5 Å². The van der Waals surface area contributed by atoms with Gasteiger partial charge in [-0.1, -0.05) is 26.2 Å². The van der Waals surface area contributed by atoms with Crippen LogP contribution in [0.4, 0.5) is 11.6 Å². The van der Waals surface area contributed by atoms with Crippen molar-refractivity contribution in [3.05, 3.63) is 12.4 Å². The summed E-state index contributed by atoms with van der Waals surface area (Å²) in [4.78, 5) is 8.49. The zero-order valence-corrected chi connectivity index (χ0v) is 10.5. The Kier molecular flexibility index (Phi) is 5.61. The summed E-state index contributed by atoms with van der Waals surface area (Å²) in [5, 5.41) is 6.34. The lowest BCUT2D eigenvalue weighted by molar-refractivity contribution is 0.613. The van der Waals surface area contributed by atoms with Crippen LogP contribution >= 0.6 is 0 Å². The van der Waals surface area contributed by atoms with Crippen LogP contribution in [-0.4, -0.2) is 23.1 Å². The van der Waals surface area contributed by atoms with Crippen molar-refractivity contribution >= 4 is 11.6 Å². The molecule has 0 aromatic carbocycles. The zero-order valence-electron chi connectivity index (χ0n) is 10.5. The molecule has 0 spiro atoms. The topological polar surface area (TPSA) is 49.8 Å². The molecule has 1 atom stereocenters. The highest BCUT2D eigenvalue weighted by molar-refractivity contribution is 5.41. The molecule has 4 heteroatoms. The summed E-state index contributed by atoms with van der Waals surface area (Å²) in [5.41, 5.74) is 0. The lowest BCUT2D eigenvalue weighted by Gasteiger charge is -2.14. The highest BCUT2D eigenvalue weighted by Gasteiger charge is 2.03. The molecule has 0 bridgehead atoms. The summed E-state index contributed by atoms with van der Waals surface area (Å²) in [6.45, 7) is 4.41. The average molecular weight is 222 g/mol. The van der Waals surface area contributed by atoms with E-state index in [-0.39, 0.29) is 0 Å². The Morgan fingerprint density at radius 3 is 2.69 bits per heavy atom. The van der Waals surface area contributed by atoms with Gasteiger partial charge in [0, 0.05) is 13.1 Å². The molecule has 0 saturated heterocycles. The number of hydrogen-bond acceptors (Lipinski definition) is 4. The van der Waals surface area contributed by atoms with Crippen molar-refractivity contribution in [3.8, 4) is 0 Å². The maximum Gasteiger partial charge on any atom is 0.147 e. The van der Waals surface area contributed by atoms with E-state index in [1.54, 1.807) is 12.4 Å². The van der Waals surface area contributed by atoms with Crippen molar-refractivity contribution in [2.24, 2.45) is 0 Å². The van der Waals surface area contributed by atoms with Crippen molar-refractivity contribution in [2.45, 2.75) is 45.6 Å². The maximum absolute atomic E-state index is 4.37. The molecule has 1 aromatic rings. The summed E-state index contributed by atoms with van der Waals surface area (Å²) >= 11 is 0. The maximum atomic E-state index is 4.37. The summed E-state index contributed by atoms with van der Waals surface area (Å²) < 4.78 is 0. The van der Waals surface area contributed by atoms with Crippen LogP contribution in [0.3, 0.4) is 0 Å². The van der Waals surface area contributed by atoms with Gasteiger partial charge in [0.05, 0.1) is 12.4 Å². The molecule has 4 nitrogen and oxygen atoms in total. The first-order chi connectivity index (χ1) is 7.76. The molecule has 0 aliphatic rings. The first-order valence-corrected chi connectivity index (χ1v) is 6.02. The van der Waals surface area contributed by atoms with E-state index in [4.69, 9.17) is 0 Å². The van der Waals surface area contributed by atoms with E-state index in [1.807, 2.05) is 7.05 Å². The van der Waals surface area contributed by atoms with Gasteiger partial charge in [0.2, 0.25) is 0 Å². The summed E-state index contributed by atoms with van der Waals surface area (Å²) in [6.07, 6.45) is 8.49. The van der Waals surface area contributed by atoms with Crippen molar-refractivity contribution in [1.29, 1.82) is 0 Å². The second-order valence-corrected chi connectivity index (χ2v) is 4.08. The fraction of sp³-hybridized carbons (Fsp3) is 0.667. The third kappa shape index (κ3) is 4.47. The Bertz CT molecular complexity index is 301. The summed E-state index contributed by atoms with van der Waals surface area (Å²) in [6, 6.07) is 0.452. The van der Waals surface area contributed by atoms with E-state index in [9.17, 15) is 0 Å². The normalized spacial score (nSPS) is 12.2. The average Bonchev–Trinajstić information content (AvgIpc) is 2.29. The molecular formula is C12H22N4. The molecule has 2 N–H and O–H groups in total. The lowest BCUT2D eigenvalue weighted by Crippen LogP contribution is -2.16. The molecule has 90 valence electrons. The molecule has 0 aliphatic heterocycles. The van der Waals surface area contributed by atoms with E-state index < -0.39 is 0 Å². The minimum atomic E-state index is 0.452. The number of rotatable bonds is 7. The van der Waals surface area contributed by atoms with Crippen LogP contribution < -0.4 is 10.6 Å². The van der Waals surface area contributed by atoms with Gasteiger partial charge in [-0.15, -0.1) is 0 Å². The monoisotopic (exact) mass is 222 g/mol. The number of aromatic nitrogens is 2. The zero-order chi connectivity index (χ0) is 11.8. The van der Waals surface area contributed by atoms with E-state index in [1.165, 1.54) is 25.7 Å². The van der Waals surface area contributed by atoms with Gasteiger partial charge in [-0.25, -0.2) is 4.98 Å². The molecule has 0 saturated carbocycles. The van der Waals surface area contributed by atoms with Crippen molar-refractivity contribution < 1.29 is 0 Å². The third-order valence-corrected chi connectivity index (χ3v) is 2.53. The van der Waals surface area contributed by atoms with Gasteiger partial charge in [-0.05, 0) is 13.3 Å². The molecule has 1 heterocycles. The number of unbranched alkanes of at least 4 members (excludes halogenated alkanes) is 2. The Morgan fingerprint density at radius 2 is 2.00 bits per heavy atom. The van der Waals surface area contributed by atoms with Crippen LogP contribution in [0.5, 0.6) is 0 Å². The van der Waals surface area contributed by atoms with Gasteiger partial charge in [-0.2, -0.15) is 0 Å². The molecule has 16 heavy (non-hydrogen) atoms. The van der Waals surface area contributed by atoms with Crippen LogP contribution in [-0.2, 0) is 0 Å². The van der Waals surface area contributed by atoms with Gasteiger partial charge in [-0.3, -0.25) is 4.98 Å². The minimum absolute atomic E-state index is 0.452. The van der Waals surface area contributed by atoms with E-state index in [0.717, 1.165) is 11.6 Å². The fourth-order valence-corrected chi connectivity index (χ4v) is 1.58. The molecule has 0 radical (unpaired) electrons. The highest BCUT2D eigenvalue weighted by Crippen LogP contribution is 2.10. The fourth-order valence-electron chi connectivity index (χ4n) is 1.58. The second kappa shape index (κ2) is 7.04. The number of nitrogens with zero attached hydrogens (tertiary/aromatic N) is 2. The van der Waals surface area contributed by atoms with Crippen molar-refractivity contribution in [1.82, 2.24) is 9.97 Å². The largest absolute Gasteiger partial charge is 0.372 e. The molecule has 0 fully saturated rings. The number of hydrogen-bond donors (Lipinski definition) is 2. The number of anilines is 2. The van der Waals surface area contributed by atoms with E-state index in [0.29, 0.717) is 6.04 Å². The van der Waals surface area contributed by atoms with Crippen molar-refractivity contribution in [3.63, 3.8) is 0 Å².